The zero-order chi connectivity index (χ0) is 18.4. The van der Waals surface area contributed by atoms with Gasteiger partial charge in [-0.25, -0.2) is 4.39 Å². The Kier molecular flexibility index (Phi) is 4.38. The number of amides is 1. The largest absolute Gasteiger partial charge is 0.459 e. The van der Waals surface area contributed by atoms with Gasteiger partial charge in [-0.15, -0.1) is 0 Å². The van der Waals surface area contributed by atoms with Gasteiger partial charge >= 0.3 is 5.97 Å². The third-order valence-corrected chi connectivity index (χ3v) is 5.38. The summed E-state index contributed by atoms with van der Waals surface area (Å²) in [5, 5.41) is 0. The third-order valence-electron chi connectivity index (χ3n) is 5.38. The number of carbonyl (C=O) groups is 2. The molecule has 5 heteroatoms. The minimum atomic E-state index is -1.28. The van der Waals surface area contributed by atoms with E-state index in [4.69, 9.17) is 4.74 Å². The number of esters is 1. The number of alkyl halides is 1. The molecule has 2 fully saturated rings. The number of halogens is 1. The van der Waals surface area contributed by atoms with Gasteiger partial charge in [-0.2, -0.15) is 0 Å². The predicted octanol–water partition coefficient (Wildman–Crippen LogP) is 3.67. The normalized spacial score (nSPS) is 30.3. The number of ether oxygens (including phenoxy) is 1. The first kappa shape index (κ1) is 17.9. The van der Waals surface area contributed by atoms with E-state index in [1.54, 1.807) is 25.7 Å². The second kappa shape index (κ2) is 6.11. The molecule has 25 heavy (non-hydrogen) atoms. The zero-order valence-electron chi connectivity index (χ0n) is 15.3. The Balaban J connectivity index is 1.91. The lowest BCUT2D eigenvalue weighted by Gasteiger charge is -2.31. The van der Waals surface area contributed by atoms with Crippen molar-refractivity contribution in [3.63, 3.8) is 0 Å². The molecule has 1 saturated heterocycles. The number of benzene rings is 1. The molecule has 136 valence electrons. The zero-order valence-corrected chi connectivity index (χ0v) is 15.3. The lowest BCUT2D eigenvalue weighted by molar-refractivity contribution is -0.169. The first-order valence-electron chi connectivity index (χ1n) is 8.89. The van der Waals surface area contributed by atoms with Gasteiger partial charge < -0.3 is 9.64 Å². The fourth-order valence-electron chi connectivity index (χ4n) is 4.11. The van der Waals surface area contributed by atoms with Crippen LogP contribution in [0.5, 0.6) is 0 Å². The summed E-state index contributed by atoms with van der Waals surface area (Å²) in [4.78, 5) is 27.5. The number of carbonyl (C=O) groups excluding carboxylic acids is 2. The molecule has 0 spiro atoms. The SMILES string of the molecule is C[C@H](c1ccccc1)N1C[C@]2(C(=O)OC(C)(C)C)CC[C@H](F)[C@H]2C1=O. The average molecular weight is 347 g/mol. The molecule has 1 aliphatic heterocycles. The first-order valence-corrected chi connectivity index (χ1v) is 8.89. The van der Waals surface area contributed by atoms with E-state index in [-0.39, 0.29) is 24.9 Å². The highest BCUT2D eigenvalue weighted by Crippen LogP contribution is 2.53. The van der Waals surface area contributed by atoms with Crippen molar-refractivity contribution in [1.29, 1.82) is 0 Å². The Morgan fingerprint density at radius 2 is 1.96 bits per heavy atom. The van der Waals surface area contributed by atoms with Crippen molar-refractivity contribution in [2.24, 2.45) is 11.3 Å². The smallest absolute Gasteiger partial charge is 0.315 e. The summed E-state index contributed by atoms with van der Waals surface area (Å²) in [5.41, 5.74) is -0.746. The van der Waals surface area contributed by atoms with Gasteiger partial charge in [0.25, 0.3) is 0 Å². The molecule has 4 atom stereocenters. The van der Waals surface area contributed by atoms with Gasteiger partial charge in [0.2, 0.25) is 5.91 Å². The van der Waals surface area contributed by atoms with E-state index in [0.29, 0.717) is 6.42 Å². The van der Waals surface area contributed by atoms with Crippen LogP contribution in [0.2, 0.25) is 0 Å². The van der Waals surface area contributed by atoms with Crippen LogP contribution >= 0.6 is 0 Å². The number of nitrogens with zero attached hydrogens (tertiary/aromatic N) is 1. The van der Waals surface area contributed by atoms with E-state index in [2.05, 4.69) is 0 Å². The Labute approximate surface area is 148 Å². The number of rotatable bonds is 3. The summed E-state index contributed by atoms with van der Waals surface area (Å²) in [6.07, 6.45) is -0.686. The predicted molar refractivity (Wildman–Crippen MR) is 92.5 cm³/mol. The third kappa shape index (κ3) is 3.05. The van der Waals surface area contributed by atoms with Crippen LogP contribution in [0.3, 0.4) is 0 Å². The molecular formula is C20H26FNO3. The lowest BCUT2D eigenvalue weighted by Crippen LogP contribution is -2.42. The molecule has 1 aliphatic carbocycles. The first-order chi connectivity index (χ1) is 11.7. The van der Waals surface area contributed by atoms with Gasteiger partial charge in [-0.3, -0.25) is 9.59 Å². The number of likely N-dealkylation sites (tertiary alicyclic amines) is 1. The molecule has 1 amide bonds. The number of hydrogen-bond acceptors (Lipinski definition) is 3. The van der Waals surface area contributed by atoms with Crippen LogP contribution in [-0.4, -0.2) is 35.1 Å². The summed E-state index contributed by atoms with van der Waals surface area (Å²) in [6.45, 7) is 7.52. The minimum Gasteiger partial charge on any atom is -0.459 e. The van der Waals surface area contributed by atoms with E-state index in [1.807, 2.05) is 37.3 Å². The molecule has 3 rings (SSSR count). The Morgan fingerprint density at radius 1 is 1.32 bits per heavy atom. The summed E-state index contributed by atoms with van der Waals surface area (Å²) in [5.74, 6) is -1.64. The summed E-state index contributed by atoms with van der Waals surface area (Å²) < 4.78 is 20.1. The van der Waals surface area contributed by atoms with Gasteiger partial charge in [-0.05, 0) is 46.1 Å². The van der Waals surface area contributed by atoms with E-state index in [0.717, 1.165) is 5.56 Å². The van der Waals surface area contributed by atoms with Crippen LogP contribution in [0, 0.1) is 11.3 Å². The average Bonchev–Trinajstić information content (AvgIpc) is 3.03. The molecule has 1 heterocycles. The van der Waals surface area contributed by atoms with Crippen LogP contribution < -0.4 is 0 Å². The topological polar surface area (TPSA) is 46.6 Å². The number of fused-ring (bicyclic) bond motifs is 1. The van der Waals surface area contributed by atoms with Crippen molar-refractivity contribution in [2.75, 3.05) is 6.54 Å². The molecule has 0 unspecified atom stereocenters. The van der Waals surface area contributed by atoms with Gasteiger partial charge in [0.1, 0.15) is 17.2 Å². The van der Waals surface area contributed by atoms with Crippen molar-refractivity contribution in [3.8, 4) is 0 Å². The molecule has 0 N–H and O–H groups in total. The Morgan fingerprint density at radius 3 is 2.56 bits per heavy atom. The maximum atomic E-state index is 14.6. The van der Waals surface area contributed by atoms with Crippen LogP contribution in [0.1, 0.15) is 52.1 Å². The van der Waals surface area contributed by atoms with Crippen molar-refractivity contribution in [3.05, 3.63) is 35.9 Å². The van der Waals surface area contributed by atoms with Crippen molar-refractivity contribution in [1.82, 2.24) is 4.90 Å². The van der Waals surface area contributed by atoms with E-state index < -0.39 is 29.1 Å². The lowest BCUT2D eigenvalue weighted by atomic mass is 9.80. The van der Waals surface area contributed by atoms with Crippen molar-refractivity contribution < 1.29 is 18.7 Å². The molecular weight excluding hydrogens is 321 g/mol. The van der Waals surface area contributed by atoms with E-state index >= 15 is 0 Å². The Bertz CT molecular complexity index is 669. The van der Waals surface area contributed by atoms with Crippen LogP contribution in [0.4, 0.5) is 4.39 Å². The van der Waals surface area contributed by atoms with Crippen LogP contribution in [0.15, 0.2) is 30.3 Å². The number of hydrogen-bond donors (Lipinski definition) is 0. The monoisotopic (exact) mass is 347 g/mol. The second-order valence-corrected chi connectivity index (χ2v) is 8.24. The van der Waals surface area contributed by atoms with Crippen molar-refractivity contribution in [2.45, 2.75) is 58.4 Å². The van der Waals surface area contributed by atoms with Crippen LogP contribution in [0.25, 0.3) is 0 Å². The van der Waals surface area contributed by atoms with Crippen molar-refractivity contribution >= 4 is 11.9 Å². The molecule has 0 radical (unpaired) electrons. The standard InChI is InChI=1S/C20H26FNO3/c1-13(14-8-6-5-7-9-14)22-12-20(18(24)25-19(2,3)4)11-10-15(21)16(20)17(22)23/h5-9,13,15-16H,10-12H2,1-4H3/t13-,15+,16+,20-/m1/s1. The minimum absolute atomic E-state index is 0.203. The highest BCUT2D eigenvalue weighted by molar-refractivity contribution is 5.93. The fraction of sp³-hybridized carbons (Fsp3) is 0.600. The molecule has 0 aromatic heterocycles. The molecule has 1 saturated carbocycles. The molecule has 2 aliphatic rings. The molecule has 4 nitrogen and oxygen atoms in total. The highest BCUT2D eigenvalue weighted by atomic mass is 19.1. The maximum Gasteiger partial charge on any atom is 0.315 e. The molecule has 1 aromatic rings. The summed E-state index contributed by atoms with van der Waals surface area (Å²) in [6, 6.07) is 9.42. The van der Waals surface area contributed by atoms with Gasteiger partial charge in [-0.1, -0.05) is 30.3 Å². The summed E-state index contributed by atoms with van der Waals surface area (Å²) >= 11 is 0. The maximum absolute atomic E-state index is 14.6. The highest BCUT2D eigenvalue weighted by Gasteiger charge is 2.65. The molecule has 0 bridgehead atoms. The second-order valence-electron chi connectivity index (χ2n) is 8.24. The van der Waals surface area contributed by atoms with Gasteiger partial charge in [0, 0.05) is 6.54 Å². The van der Waals surface area contributed by atoms with Crippen LogP contribution in [-0.2, 0) is 14.3 Å². The quantitative estimate of drug-likeness (QED) is 0.784. The van der Waals surface area contributed by atoms with Gasteiger partial charge in [0.15, 0.2) is 0 Å². The van der Waals surface area contributed by atoms with E-state index in [1.165, 1.54) is 0 Å². The van der Waals surface area contributed by atoms with Gasteiger partial charge in [0.05, 0.1) is 12.0 Å². The van der Waals surface area contributed by atoms with E-state index in [9.17, 15) is 14.0 Å². The fourth-order valence-corrected chi connectivity index (χ4v) is 4.11. The summed E-state index contributed by atoms with van der Waals surface area (Å²) in [7, 11) is 0. The molecule has 1 aromatic carbocycles. The Hall–Kier alpha value is -1.91.